The van der Waals surface area contributed by atoms with E-state index in [1.165, 1.54) is 16.7 Å². The van der Waals surface area contributed by atoms with Crippen LogP contribution in [0.2, 0.25) is 0 Å². The summed E-state index contributed by atoms with van der Waals surface area (Å²) in [7, 11) is 2.09. The molecule has 0 saturated carbocycles. The number of hydrogen-bond donors (Lipinski definition) is 0. The number of nitrogens with zero attached hydrogens (tertiary/aromatic N) is 3. The van der Waals surface area contributed by atoms with Gasteiger partial charge in [0, 0.05) is 24.3 Å². The Balaban J connectivity index is 2.09. The quantitative estimate of drug-likeness (QED) is 0.596. The second-order valence-corrected chi connectivity index (χ2v) is 6.06. The van der Waals surface area contributed by atoms with Crippen LogP contribution in [0.15, 0.2) is 12.4 Å². The van der Waals surface area contributed by atoms with Crippen molar-refractivity contribution in [3.63, 3.8) is 0 Å². The van der Waals surface area contributed by atoms with Crippen LogP contribution in [0.4, 0.5) is 5.82 Å². The Kier molecular flexibility index (Phi) is 4.78. The van der Waals surface area contributed by atoms with Crippen LogP contribution >= 0.6 is 22.9 Å². The van der Waals surface area contributed by atoms with Gasteiger partial charge < -0.3 is 4.90 Å². The molecular formula is C13H18ClN3S. The van der Waals surface area contributed by atoms with Gasteiger partial charge in [-0.05, 0) is 25.8 Å². The molecule has 0 radical (unpaired) electrons. The Morgan fingerprint density at radius 3 is 2.89 bits per heavy atom. The SMILES string of the molecule is Cc1cc2c(N(C)CCCCCCl)ncnc2s1. The van der Waals surface area contributed by atoms with Gasteiger partial charge in [-0.1, -0.05) is 6.42 Å². The van der Waals surface area contributed by atoms with E-state index < -0.39 is 0 Å². The fourth-order valence-electron chi connectivity index (χ4n) is 1.99. The topological polar surface area (TPSA) is 29.0 Å². The lowest BCUT2D eigenvalue weighted by atomic mass is 10.2. The predicted molar refractivity (Wildman–Crippen MR) is 80.0 cm³/mol. The molecule has 0 unspecified atom stereocenters. The number of anilines is 1. The van der Waals surface area contributed by atoms with Gasteiger partial charge in [-0.15, -0.1) is 22.9 Å². The van der Waals surface area contributed by atoms with Gasteiger partial charge in [0.15, 0.2) is 0 Å². The zero-order valence-corrected chi connectivity index (χ0v) is 12.4. The van der Waals surface area contributed by atoms with Crippen LogP contribution in [0.25, 0.3) is 10.2 Å². The first-order valence-electron chi connectivity index (χ1n) is 6.20. The molecule has 2 heterocycles. The summed E-state index contributed by atoms with van der Waals surface area (Å²) in [6, 6.07) is 2.17. The van der Waals surface area contributed by atoms with Crippen molar-refractivity contribution in [3.8, 4) is 0 Å². The van der Waals surface area contributed by atoms with E-state index in [4.69, 9.17) is 11.6 Å². The summed E-state index contributed by atoms with van der Waals surface area (Å²) >= 11 is 7.40. The molecule has 0 aliphatic carbocycles. The molecule has 0 bridgehead atoms. The Morgan fingerprint density at radius 2 is 2.11 bits per heavy atom. The Hall–Kier alpha value is -0.870. The summed E-state index contributed by atoms with van der Waals surface area (Å²) in [5, 5.41) is 1.17. The van der Waals surface area contributed by atoms with Crippen molar-refractivity contribution in [1.82, 2.24) is 9.97 Å². The maximum atomic E-state index is 5.68. The first kappa shape index (κ1) is 13.6. The molecule has 0 atom stereocenters. The van der Waals surface area contributed by atoms with E-state index in [0.717, 1.165) is 35.9 Å². The van der Waals surface area contributed by atoms with Gasteiger partial charge in [0.2, 0.25) is 0 Å². The van der Waals surface area contributed by atoms with E-state index in [1.807, 2.05) is 0 Å². The van der Waals surface area contributed by atoms with Crippen LogP contribution in [0.3, 0.4) is 0 Å². The van der Waals surface area contributed by atoms with Gasteiger partial charge in [-0.25, -0.2) is 9.97 Å². The highest BCUT2D eigenvalue weighted by Crippen LogP contribution is 2.29. The molecule has 0 amide bonds. The van der Waals surface area contributed by atoms with Crippen molar-refractivity contribution < 1.29 is 0 Å². The van der Waals surface area contributed by atoms with Gasteiger partial charge >= 0.3 is 0 Å². The summed E-state index contributed by atoms with van der Waals surface area (Å²) < 4.78 is 0. The molecule has 0 fully saturated rings. The van der Waals surface area contributed by atoms with Gasteiger partial charge in [0.25, 0.3) is 0 Å². The fraction of sp³-hybridized carbons (Fsp3) is 0.538. The minimum Gasteiger partial charge on any atom is -0.359 e. The monoisotopic (exact) mass is 283 g/mol. The fourth-order valence-corrected chi connectivity index (χ4v) is 3.02. The number of rotatable bonds is 6. The van der Waals surface area contributed by atoms with Crippen LogP contribution in [0.1, 0.15) is 24.1 Å². The molecule has 0 aliphatic rings. The number of fused-ring (bicyclic) bond motifs is 1. The minimum atomic E-state index is 0.755. The summed E-state index contributed by atoms with van der Waals surface area (Å²) in [6.07, 6.45) is 5.07. The maximum absolute atomic E-state index is 5.68. The van der Waals surface area contributed by atoms with Crippen LogP contribution in [-0.2, 0) is 0 Å². The number of thiophene rings is 1. The first-order chi connectivity index (χ1) is 8.72. The molecule has 0 aromatic carbocycles. The minimum absolute atomic E-state index is 0.755. The van der Waals surface area contributed by atoms with E-state index in [-0.39, 0.29) is 0 Å². The van der Waals surface area contributed by atoms with Gasteiger partial charge in [-0.3, -0.25) is 0 Å². The molecule has 0 saturated heterocycles. The molecule has 18 heavy (non-hydrogen) atoms. The molecule has 0 N–H and O–H groups in total. The molecular weight excluding hydrogens is 266 g/mol. The smallest absolute Gasteiger partial charge is 0.140 e. The van der Waals surface area contributed by atoms with E-state index in [2.05, 4.69) is 34.9 Å². The number of aryl methyl sites for hydroxylation is 1. The van der Waals surface area contributed by atoms with Crippen molar-refractivity contribution in [2.75, 3.05) is 24.4 Å². The second-order valence-electron chi connectivity index (χ2n) is 4.44. The van der Waals surface area contributed by atoms with Crippen LogP contribution in [0.5, 0.6) is 0 Å². The van der Waals surface area contributed by atoms with Crippen molar-refractivity contribution in [2.45, 2.75) is 26.2 Å². The molecule has 0 aliphatic heterocycles. The molecule has 2 aromatic heterocycles. The predicted octanol–water partition coefficient (Wildman–Crippen LogP) is 3.85. The van der Waals surface area contributed by atoms with Crippen LogP contribution < -0.4 is 4.90 Å². The van der Waals surface area contributed by atoms with E-state index in [9.17, 15) is 0 Å². The molecule has 5 heteroatoms. The van der Waals surface area contributed by atoms with Crippen molar-refractivity contribution >= 4 is 39.0 Å². The third kappa shape index (κ3) is 3.12. The summed E-state index contributed by atoms with van der Waals surface area (Å²) in [5.74, 6) is 1.79. The summed E-state index contributed by atoms with van der Waals surface area (Å²) in [5.41, 5.74) is 0. The van der Waals surface area contributed by atoms with Crippen LogP contribution in [0, 0.1) is 6.92 Å². The standard InChI is InChI=1S/C13H18ClN3S/c1-10-8-11-12(15-9-16-13(11)18-10)17(2)7-5-3-4-6-14/h8-9H,3-7H2,1-2H3. The Labute approximate surface area is 117 Å². The lowest BCUT2D eigenvalue weighted by Crippen LogP contribution is -2.19. The first-order valence-corrected chi connectivity index (χ1v) is 7.55. The van der Waals surface area contributed by atoms with E-state index in [0.29, 0.717) is 0 Å². The Bertz CT molecular complexity index is 512. The summed E-state index contributed by atoms with van der Waals surface area (Å²) in [6.45, 7) is 3.12. The number of unbranched alkanes of at least 4 members (excludes halogenated alkanes) is 2. The number of alkyl halides is 1. The second kappa shape index (κ2) is 6.34. The lowest BCUT2D eigenvalue weighted by molar-refractivity contribution is 0.705. The molecule has 2 aromatic rings. The van der Waals surface area contributed by atoms with Gasteiger partial charge in [0.05, 0.1) is 5.39 Å². The normalized spacial score (nSPS) is 11.1. The molecule has 2 rings (SSSR count). The zero-order valence-electron chi connectivity index (χ0n) is 10.8. The molecule has 3 nitrogen and oxygen atoms in total. The average molecular weight is 284 g/mol. The van der Waals surface area contributed by atoms with Crippen LogP contribution in [-0.4, -0.2) is 29.4 Å². The largest absolute Gasteiger partial charge is 0.359 e. The highest BCUT2D eigenvalue weighted by atomic mass is 35.5. The average Bonchev–Trinajstić information content (AvgIpc) is 2.74. The highest BCUT2D eigenvalue weighted by molar-refractivity contribution is 7.18. The van der Waals surface area contributed by atoms with E-state index >= 15 is 0 Å². The number of hydrogen-bond acceptors (Lipinski definition) is 4. The third-order valence-electron chi connectivity index (χ3n) is 2.92. The van der Waals surface area contributed by atoms with Crippen molar-refractivity contribution in [3.05, 3.63) is 17.3 Å². The van der Waals surface area contributed by atoms with Gasteiger partial charge in [0.1, 0.15) is 17.0 Å². The third-order valence-corrected chi connectivity index (χ3v) is 4.15. The van der Waals surface area contributed by atoms with Crippen molar-refractivity contribution in [1.29, 1.82) is 0 Å². The lowest BCUT2D eigenvalue weighted by Gasteiger charge is -2.18. The Morgan fingerprint density at radius 1 is 1.28 bits per heavy atom. The molecule has 98 valence electrons. The van der Waals surface area contributed by atoms with E-state index in [1.54, 1.807) is 17.7 Å². The highest BCUT2D eigenvalue weighted by Gasteiger charge is 2.10. The van der Waals surface area contributed by atoms with Gasteiger partial charge in [-0.2, -0.15) is 0 Å². The summed E-state index contributed by atoms with van der Waals surface area (Å²) in [4.78, 5) is 13.3. The molecule has 0 spiro atoms. The number of aromatic nitrogens is 2. The van der Waals surface area contributed by atoms with Crippen molar-refractivity contribution in [2.24, 2.45) is 0 Å². The zero-order chi connectivity index (χ0) is 13.0. The number of halogens is 1. The maximum Gasteiger partial charge on any atom is 0.140 e.